The molecule has 1 aromatic heterocycles. The van der Waals surface area contributed by atoms with Crippen LogP contribution >= 0.6 is 0 Å². The van der Waals surface area contributed by atoms with Crippen LogP contribution in [0.1, 0.15) is 0 Å². The van der Waals surface area contributed by atoms with Crippen molar-refractivity contribution in [2.75, 3.05) is 12.8 Å². The van der Waals surface area contributed by atoms with Gasteiger partial charge in [-0.25, -0.2) is 13.8 Å². The highest BCUT2D eigenvalue weighted by Crippen LogP contribution is 2.22. The van der Waals surface area contributed by atoms with Crippen LogP contribution in [0.3, 0.4) is 0 Å². The van der Waals surface area contributed by atoms with Crippen LogP contribution in [0.2, 0.25) is 0 Å². The zero-order valence-corrected chi connectivity index (χ0v) is 8.91. The van der Waals surface area contributed by atoms with Crippen molar-refractivity contribution in [2.24, 2.45) is 0 Å². The zero-order chi connectivity index (χ0) is 12.6. The van der Waals surface area contributed by atoms with Crippen molar-refractivity contribution in [3.05, 3.63) is 23.8 Å². The maximum absolute atomic E-state index is 13.4. The monoisotopic (exact) mass is 241 g/mol. The predicted octanol–water partition coefficient (Wildman–Crippen LogP) is 1.07. The van der Waals surface area contributed by atoms with Crippen molar-refractivity contribution in [3.8, 4) is 0 Å². The van der Waals surface area contributed by atoms with E-state index < -0.39 is 17.6 Å². The molecule has 0 amide bonds. The van der Waals surface area contributed by atoms with E-state index in [-0.39, 0.29) is 23.5 Å². The third kappa shape index (κ3) is 1.91. The van der Waals surface area contributed by atoms with Crippen molar-refractivity contribution in [1.29, 1.82) is 0 Å². The summed E-state index contributed by atoms with van der Waals surface area (Å²) in [6.07, 6.45) is 0. The number of nitrogen functional groups attached to an aromatic ring is 1. The molecule has 0 radical (unpaired) electrons. The molecule has 0 unspecified atom stereocenters. The van der Waals surface area contributed by atoms with Gasteiger partial charge in [0.2, 0.25) is 5.95 Å². The van der Waals surface area contributed by atoms with Gasteiger partial charge >= 0.3 is 5.97 Å². The van der Waals surface area contributed by atoms with Crippen LogP contribution < -0.4 is 5.73 Å². The van der Waals surface area contributed by atoms with E-state index in [0.717, 1.165) is 6.07 Å². The summed E-state index contributed by atoms with van der Waals surface area (Å²) in [7, 11) is 1.21. The minimum atomic E-state index is -0.824. The van der Waals surface area contributed by atoms with Gasteiger partial charge in [0.1, 0.15) is 17.9 Å². The molecule has 2 aromatic rings. The van der Waals surface area contributed by atoms with Crippen molar-refractivity contribution >= 4 is 23.0 Å². The molecule has 0 saturated carbocycles. The Balaban J connectivity index is 2.62. The van der Waals surface area contributed by atoms with Crippen LogP contribution in [0.25, 0.3) is 11.0 Å². The Morgan fingerprint density at radius 1 is 1.53 bits per heavy atom. The number of imidazole rings is 1. The van der Waals surface area contributed by atoms with E-state index in [9.17, 15) is 13.6 Å². The molecule has 0 aliphatic carbocycles. The number of aromatic nitrogens is 2. The second-order valence-electron chi connectivity index (χ2n) is 3.39. The maximum atomic E-state index is 13.4. The molecular formula is C10H9F2N3O2. The fraction of sp³-hybridized carbons (Fsp3) is 0.200. The van der Waals surface area contributed by atoms with Gasteiger partial charge in [0.15, 0.2) is 5.82 Å². The van der Waals surface area contributed by atoms with Crippen LogP contribution in [-0.4, -0.2) is 22.6 Å². The number of carbonyl (C=O) groups excluding carboxylic acids is 1. The molecule has 0 atom stereocenters. The molecular weight excluding hydrogens is 232 g/mol. The number of anilines is 1. The van der Waals surface area contributed by atoms with Gasteiger partial charge in [0.05, 0.1) is 12.6 Å². The number of hydrogen-bond acceptors (Lipinski definition) is 4. The largest absolute Gasteiger partial charge is 0.468 e. The van der Waals surface area contributed by atoms with E-state index in [0.29, 0.717) is 6.07 Å². The molecule has 0 fully saturated rings. The number of rotatable bonds is 2. The summed E-state index contributed by atoms with van der Waals surface area (Å²) < 4.78 is 32.1. The molecule has 7 heteroatoms. The lowest BCUT2D eigenvalue weighted by molar-refractivity contribution is -0.141. The maximum Gasteiger partial charge on any atom is 0.325 e. The number of ether oxygens (including phenoxy) is 1. The van der Waals surface area contributed by atoms with Gasteiger partial charge in [-0.05, 0) is 0 Å². The third-order valence-electron chi connectivity index (χ3n) is 2.32. The quantitative estimate of drug-likeness (QED) is 0.798. The Morgan fingerprint density at radius 2 is 2.24 bits per heavy atom. The lowest BCUT2D eigenvalue weighted by atomic mass is 10.3. The highest BCUT2D eigenvalue weighted by atomic mass is 19.1. The van der Waals surface area contributed by atoms with Crippen LogP contribution in [0, 0.1) is 11.6 Å². The summed E-state index contributed by atoms with van der Waals surface area (Å²) in [5.41, 5.74) is 5.57. The minimum absolute atomic E-state index is 0.0742. The summed E-state index contributed by atoms with van der Waals surface area (Å²) in [6.45, 7) is -0.248. The van der Waals surface area contributed by atoms with Gasteiger partial charge in [-0.2, -0.15) is 0 Å². The summed E-state index contributed by atoms with van der Waals surface area (Å²) in [6, 6.07) is 1.77. The number of methoxy groups -OCH3 is 1. The van der Waals surface area contributed by atoms with Gasteiger partial charge in [-0.15, -0.1) is 0 Å². The lowest BCUT2D eigenvalue weighted by Gasteiger charge is -2.04. The molecule has 1 aromatic carbocycles. The minimum Gasteiger partial charge on any atom is -0.468 e. The number of hydrogen-bond donors (Lipinski definition) is 1. The van der Waals surface area contributed by atoms with Crippen LogP contribution in [0.5, 0.6) is 0 Å². The first-order chi connectivity index (χ1) is 8.02. The van der Waals surface area contributed by atoms with E-state index in [4.69, 9.17) is 5.73 Å². The summed E-state index contributed by atoms with van der Waals surface area (Å²) >= 11 is 0. The van der Waals surface area contributed by atoms with Crippen molar-refractivity contribution < 1.29 is 18.3 Å². The number of fused-ring (bicyclic) bond motifs is 1. The van der Waals surface area contributed by atoms with Crippen molar-refractivity contribution in [3.63, 3.8) is 0 Å². The molecule has 90 valence electrons. The SMILES string of the molecule is COC(=O)Cn1c(N)nc2c(F)cc(F)cc21. The molecule has 0 bridgehead atoms. The molecule has 2 N–H and O–H groups in total. The number of halogens is 2. The average Bonchev–Trinajstić information content (AvgIpc) is 2.57. The first-order valence-electron chi connectivity index (χ1n) is 4.70. The Labute approximate surface area is 94.8 Å². The van der Waals surface area contributed by atoms with Crippen LogP contribution in [0.4, 0.5) is 14.7 Å². The molecule has 0 saturated heterocycles. The van der Waals surface area contributed by atoms with Gasteiger partial charge in [0.25, 0.3) is 0 Å². The Bertz CT molecular complexity index is 595. The average molecular weight is 241 g/mol. The zero-order valence-electron chi connectivity index (χ0n) is 8.91. The Kier molecular flexibility index (Phi) is 2.66. The molecule has 5 nitrogen and oxygen atoms in total. The van der Waals surface area contributed by atoms with Gasteiger partial charge < -0.3 is 10.5 Å². The smallest absolute Gasteiger partial charge is 0.325 e. The summed E-state index contributed by atoms with van der Waals surface area (Å²) in [4.78, 5) is 14.9. The van der Waals surface area contributed by atoms with Gasteiger partial charge in [0, 0.05) is 12.1 Å². The molecule has 0 aliphatic heterocycles. The van der Waals surface area contributed by atoms with Crippen molar-refractivity contribution in [2.45, 2.75) is 6.54 Å². The van der Waals surface area contributed by atoms with E-state index in [1.54, 1.807) is 0 Å². The topological polar surface area (TPSA) is 70.1 Å². The van der Waals surface area contributed by atoms with Crippen LogP contribution in [-0.2, 0) is 16.1 Å². The van der Waals surface area contributed by atoms with Gasteiger partial charge in [-0.1, -0.05) is 0 Å². The Morgan fingerprint density at radius 3 is 2.88 bits per heavy atom. The van der Waals surface area contributed by atoms with Gasteiger partial charge in [-0.3, -0.25) is 9.36 Å². The molecule has 0 spiro atoms. The first-order valence-corrected chi connectivity index (χ1v) is 4.70. The molecule has 2 rings (SSSR count). The van der Waals surface area contributed by atoms with Crippen LogP contribution in [0.15, 0.2) is 12.1 Å². The fourth-order valence-electron chi connectivity index (χ4n) is 1.53. The highest BCUT2D eigenvalue weighted by molar-refractivity contribution is 5.81. The highest BCUT2D eigenvalue weighted by Gasteiger charge is 2.15. The number of benzene rings is 1. The summed E-state index contributed by atoms with van der Waals surface area (Å²) in [5.74, 6) is -2.24. The van der Waals surface area contributed by atoms with E-state index in [1.807, 2.05) is 0 Å². The number of nitrogens with zero attached hydrogens (tertiary/aromatic N) is 2. The van der Waals surface area contributed by atoms with E-state index >= 15 is 0 Å². The lowest BCUT2D eigenvalue weighted by Crippen LogP contribution is -2.13. The Hall–Kier alpha value is -2.18. The second kappa shape index (κ2) is 4.00. The second-order valence-corrected chi connectivity index (χ2v) is 3.39. The standard InChI is InChI=1S/C10H9F2N3O2/c1-17-8(16)4-15-7-3-5(11)2-6(12)9(7)14-10(15)13/h2-3H,4H2,1H3,(H2,13,14). The molecule has 0 aliphatic rings. The molecule has 1 heterocycles. The first kappa shape index (κ1) is 11.3. The van der Waals surface area contributed by atoms with Crippen molar-refractivity contribution in [1.82, 2.24) is 9.55 Å². The normalized spacial score (nSPS) is 10.8. The number of esters is 1. The number of carbonyl (C=O) groups is 1. The van der Waals surface area contributed by atoms with E-state index in [2.05, 4.69) is 9.72 Å². The predicted molar refractivity (Wildman–Crippen MR) is 56.1 cm³/mol. The third-order valence-corrected chi connectivity index (χ3v) is 2.32. The number of nitrogens with two attached hydrogens (primary N) is 1. The van der Waals surface area contributed by atoms with E-state index in [1.165, 1.54) is 11.7 Å². The molecule has 17 heavy (non-hydrogen) atoms. The summed E-state index contributed by atoms with van der Waals surface area (Å²) in [5, 5.41) is 0. The fourth-order valence-corrected chi connectivity index (χ4v) is 1.53.